The Morgan fingerprint density at radius 1 is 0.420 bits per heavy atom. The molecule has 3 aromatic carbocycles. The van der Waals surface area contributed by atoms with Crippen LogP contribution in [-0.2, 0) is 28.7 Å². The predicted octanol–water partition coefficient (Wildman–Crippen LogP) is 3.76. The van der Waals surface area contributed by atoms with E-state index in [1.165, 1.54) is 100 Å². The van der Waals surface area contributed by atoms with Crippen LogP contribution < -0.4 is 9.47 Å². The van der Waals surface area contributed by atoms with Gasteiger partial charge in [-0.05, 0) is 100 Å². The highest BCUT2D eigenvalue weighted by Gasteiger charge is 2.35. The van der Waals surface area contributed by atoms with Crippen molar-refractivity contribution in [3.8, 4) is 11.5 Å². The number of hydrogen-bond donors (Lipinski definition) is 0. The number of nitrogens with zero attached hydrogens (tertiary/aromatic N) is 2. The number of carbonyl (C=O) groups is 8. The molecular formula is C36H28N2O12. The maximum Gasteiger partial charge on any atom is 0.343 e. The standard InChI is InChI=1S/C36H28N2O12/c1-19-20(2)30(40)37(29(19)39)17-47-33(43)23-5-9-25(10-6-23)35(45)49-27-13-15-28(16-14-27)50-36(46)26-11-7-24(8-12-26)34(44)48-18-38-31(41)21(3)22(4)32(38)42/h5-16H,17-18H2,1-4H3. The molecule has 0 saturated heterocycles. The van der Waals surface area contributed by atoms with Gasteiger partial charge in [-0.25, -0.2) is 29.0 Å². The lowest BCUT2D eigenvalue weighted by Gasteiger charge is -2.14. The van der Waals surface area contributed by atoms with Crippen molar-refractivity contribution in [3.63, 3.8) is 0 Å². The molecule has 4 amide bonds. The predicted molar refractivity (Wildman–Crippen MR) is 170 cm³/mol. The van der Waals surface area contributed by atoms with Crippen LogP contribution in [-0.4, -0.2) is 70.8 Å². The molecule has 2 heterocycles. The highest BCUT2D eigenvalue weighted by Crippen LogP contribution is 2.23. The van der Waals surface area contributed by atoms with Gasteiger partial charge in [0.1, 0.15) is 11.5 Å². The number of rotatable bonds is 10. The van der Waals surface area contributed by atoms with Crippen molar-refractivity contribution in [1.29, 1.82) is 0 Å². The van der Waals surface area contributed by atoms with Crippen LogP contribution in [0.5, 0.6) is 11.5 Å². The van der Waals surface area contributed by atoms with Crippen molar-refractivity contribution < 1.29 is 57.3 Å². The minimum Gasteiger partial charge on any atom is -0.440 e. The highest BCUT2D eigenvalue weighted by atomic mass is 16.6. The summed E-state index contributed by atoms with van der Waals surface area (Å²) in [5, 5.41) is 0. The Morgan fingerprint density at radius 3 is 0.920 bits per heavy atom. The van der Waals surface area contributed by atoms with Gasteiger partial charge < -0.3 is 18.9 Å². The molecule has 0 fully saturated rings. The molecule has 0 bridgehead atoms. The number of benzene rings is 3. The van der Waals surface area contributed by atoms with E-state index in [0.29, 0.717) is 0 Å². The lowest BCUT2D eigenvalue weighted by atomic mass is 10.1. The lowest BCUT2D eigenvalue weighted by Crippen LogP contribution is -2.34. The smallest absolute Gasteiger partial charge is 0.343 e. The van der Waals surface area contributed by atoms with Crippen LogP contribution in [0.1, 0.15) is 69.1 Å². The summed E-state index contributed by atoms with van der Waals surface area (Å²) in [5.74, 6) is -4.93. The molecule has 14 nitrogen and oxygen atoms in total. The van der Waals surface area contributed by atoms with Crippen molar-refractivity contribution in [2.45, 2.75) is 27.7 Å². The fraction of sp³-hybridized carbons (Fsp3) is 0.167. The average Bonchev–Trinajstić information content (AvgIpc) is 3.42. The Kier molecular flexibility index (Phi) is 9.83. The zero-order chi connectivity index (χ0) is 36.3. The molecule has 3 aromatic rings. The van der Waals surface area contributed by atoms with Crippen LogP contribution in [0.4, 0.5) is 0 Å². The third kappa shape index (κ3) is 7.08. The summed E-state index contributed by atoms with van der Waals surface area (Å²) < 4.78 is 20.9. The monoisotopic (exact) mass is 680 g/mol. The largest absolute Gasteiger partial charge is 0.440 e. The molecule has 0 aliphatic carbocycles. The minimum absolute atomic E-state index is 0.0820. The molecule has 0 spiro atoms. The molecule has 0 radical (unpaired) electrons. The maximum atomic E-state index is 12.6. The first kappa shape index (κ1) is 34.6. The Labute approximate surface area is 284 Å². The Balaban J connectivity index is 1.08. The van der Waals surface area contributed by atoms with Crippen LogP contribution in [0.3, 0.4) is 0 Å². The van der Waals surface area contributed by atoms with Gasteiger partial charge in [-0.3, -0.25) is 19.2 Å². The van der Waals surface area contributed by atoms with Gasteiger partial charge in [0.2, 0.25) is 0 Å². The second-order valence-electron chi connectivity index (χ2n) is 11.1. The van der Waals surface area contributed by atoms with E-state index in [-0.39, 0.29) is 56.0 Å². The SMILES string of the molecule is CC1=C(C)C(=O)N(COC(=O)c2ccc(C(=O)Oc3ccc(OC(=O)c4ccc(C(=O)OCN5C(=O)C(C)=C(C)C5=O)cc4)cc3)cc2)C1=O. The van der Waals surface area contributed by atoms with E-state index in [4.69, 9.17) is 18.9 Å². The first-order valence-electron chi connectivity index (χ1n) is 14.9. The van der Waals surface area contributed by atoms with E-state index in [2.05, 4.69) is 0 Å². The third-order valence-electron chi connectivity index (χ3n) is 8.00. The summed E-state index contributed by atoms with van der Waals surface area (Å²) in [6.07, 6.45) is 0. The third-order valence-corrected chi connectivity index (χ3v) is 8.00. The maximum absolute atomic E-state index is 12.6. The van der Waals surface area contributed by atoms with Crippen molar-refractivity contribution in [1.82, 2.24) is 9.80 Å². The van der Waals surface area contributed by atoms with Gasteiger partial charge in [-0.1, -0.05) is 0 Å². The highest BCUT2D eigenvalue weighted by molar-refractivity contribution is 6.19. The van der Waals surface area contributed by atoms with E-state index in [1.807, 2.05) is 0 Å². The number of hydrogen-bond acceptors (Lipinski definition) is 12. The van der Waals surface area contributed by atoms with Crippen molar-refractivity contribution in [3.05, 3.63) is 117 Å². The summed E-state index contributed by atoms with van der Waals surface area (Å²) >= 11 is 0. The minimum atomic E-state index is -0.801. The van der Waals surface area contributed by atoms with Crippen LogP contribution in [0.25, 0.3) is 0 Å². The van der Waals surface area contributed by atoms with E-state index < -0.39 is 61.0 Å². The molecule has 0 unspecified atom stereocenters. The number of amides is 4. The van der Waals surface area contributed by atoms with Crippen LogP contribution >= 0.6 is 0 Å². The van der Waals surface area contributed by atoms with E-state index in [9.17, 15) is 38.4 Å². The van der Waals surface area contributed by atoms with Crippen molar-refractivity contribution in [2.24, 2.45) is 0 Å². The zero-order valence-electron chi connectivity index (χ0n) is 27.1. The molecule has 14 heteroatoms. The molecule has 2 aliphatic rings. The Morgan fingerprint density at radius 2 is 0.660 bits per heavy atom. The second-order valence-corrected chi connectivity index (χ2v) is 11.1. The van der Waals surface area contributed by atoms with Gasteiger partial charge in [0.15, 0.2) is 13.5 Å². The summed E-state index contributed by atoms with van der Waals surface area (Å²) in [4.78, 5) is 100. The van der Waals surface area contributed by atoms with Crippen LogP contribution in [0.2, 0.25) is 0 Å². The molecular weight excluding hydrogens is 652 g/mol. The van der Waals surface area contributed by atoms with Gasteiger partial charge in [0.25, 0.3) is 23.6 Å². The molecule has 5 rings (SSSR count). The summed E-state index contributed by atoms with van der Waals surface area (Å²) in [5.41, 5.74) is 1.54. The normalized spacial score (nSPS) is 14.4. The fourth-order valence-corrected chi connectivity index (χ4v) is 4.68. The topological polar surface area (TPSA) is 180 Å². The van der Waals surface area contributed by atoms with E-state index in [1.54, 1.807) is 0 Å². The first-order valence-corrected chi connectivity index (χ1v) is 14.9. The summed E-state index contributed by atoms with van der Waals surface area (Å²) in [7, 11) is 0. The number of esters is 4. The van der Waals surface area contributed by atoms with Gasteiger partial charge in [0.05, 0.1) is 22.3 Å². The molecule has 0 atom stereocenters. The van der Waals surface area contributed by atoms with Gasteiger partial charge in [-0.2, -0.15) is 0 Å². The average molecular weight is 681 g/mol. The second kappa shape index (κ2) is 14.2. The molecule has 254 valence electrons. The number of imide groups is 2. The van der Waals surface area contributed by atoms with Gasteiger partial charge in [0, 0.05) is 22.3 Å². The molecule has 2 aliphatic heterocycles. The molecule has 50 heavy (non-hydrogen) atoms. The summed E-state index contributed by atoms with van der Waals surface area (Å²) in [6, 6.07) is 16.3. The van der Waals surface area contributed by atoms with E-state index >= 15 is 0 Å². The van der Waals surface area contributed by atoms with Crippen LogP contribution in [0.15, 0.2) is 95.1 Å². The van der Waals surface area contributed by atoms with Gasteiger partial charge in [-0.15, -0.1) is 0 Å². The fourth-order valence-electron chi connectivity index (χ4n) is 4.68. The Bertz CT molecular complexity index is 1830. The zero-order valence-corrected chi connectivity index (χ0v) is 27.1. The molecule has 0 saturated carbocycles. The number of ether oxygens (including phenoxy) is 4. The van der Waals surface area contributed by atoms with Crippen LogP contribution in [0, 0.1) is 0 Å². The lowest BCUT2D eigenvalue weighted by molar-refractivity contribution is -0.143. The molecule has 0 aromatic heterocycles. The quantitative estimate of drug-likeness (QED) is 0.172. The number of carbonyl (C=O) groups excluding carboxylic acids is 8. The van der Waals surface area contributed by atoms with Crippen molar-refractivity contribution >= 4 is 47.5 Å². The molecule has 0 N–H and O–H groups in total. The Hall–Kier alpha value is -6.70. The van der Waals surface area contributed by atoms with E-state index in [0.717, 1.165) is 9.80 Å². The van der Waals surface area contributed by atoms with Crippen molar-refractivity contribution in [2.75, 3.05) is 13.5 Å². The first-order chi connectivity index (χ1) is 23.8. The summed E-state index contributed by atoms with van der Waals surface area (Å²) in [6.45, 7) is 4.96. The van der Waals surface area contributed by atoms with Gasteiger partial charge >= 0.3 is 23.9 Å².